The monoisotopic (exact) mass is 379 g/mol. The van der Waals surface area contributed by atoms with Crippen molar-refractivity contribution in [3.8, 4) is 11.1 Å². The highest BCUT2D eigenvalue weighted by Crippen LogP contribution is 2.34. The third kappa shape index (κ3) is 3.86. The van der Waals surface area contributed by atoms with E-state index in [9.17, 15) is 8.42 Å². The van der Waals surface area contributed by atoms with Crippen molar-refractivity contribution in [2.24, 2.45) is 0 Å². The van der Waals surface area contributed by atoms with Crippen LogP contribution < -0.4 is 5.73 Å². The van der Waals surface area contributed by atoms with Crippen molar-refractivity contribution in [3.63, 3.8) is 0 Å². The van der Waals surface area contributed by atoms with Gasteiger partial charge in [-0.3, -0.25) is 4.98 Å². The molecule has 1 heterocycles. The van der Waals surface area contributed by atoms with E-state index in [1.54, 1.807) is 28.8 Å². The second-order valence-corrected chi connectivity index (χ2v) is 8.67. The minimum absolute atomic E-state index is 0.0833. The van der Waals surface area contributed by atoms with Crippen LogP contribution >= 0.6 is 0 Å². The summed E-state index contributed by atoms with van der Waals surface area (Å²) in [6, 6.07) is 18.4. The van der Waals surface area contributed by atoms with E-state index in [0.29, 0.717) is 17.1 Å². The number of nitrogen functional groups attached to an aromatic ring is 1. The van der Waals surface area contributed by atoms with E-state index in [4.69, 9.17) is 5.73 Å². The van der Waals surface area contributed by atoms with Crippen LogP contribution in [0, 0.1) is 0 Å². The number of anilines is 1. The normalized spacial score (nSPS) is 14.4. The molecule has 138 valence electrons. The topological polar surface area (TPSA) is 76.3 Å². The van der Waals surface area contributed by atoms with Crippen molar-refractivity contribution < 1.29 is 8.42 Å². The number of sulfonamides is 1. The van der Waals surface area contributed by atoms with E-state index >= 15 is 0 Å². The summed E-state index contributed by atoms with van der Waals surface area (Å²) in [5.74, 6) is 0. The molecule has 0 radical (unpaired) electrons. The fraction of sp³-hybridized carbons (Fsp3) is 0.190. The maximum Gasteiger partial charge on any atom is 0.243 e. The molecule has 0 unspecified atom stereocenters. The Kier molecular flexibility index (Phi) is 4.68. The standard InChI is InChI=1S/C21H21N3O2S/c22-19-5-1-17(2-6-19)18-3-9-21(10-4-18)27(25,26)24(20-7-8-20)15-16-11-13-23-14-12-16/h1-6,9-14,20H,7-8,15,22H2. The molecule has 0 aliphatic heterocycles. The summed E-state index contributed by atoms with van der Waals surface area (Å²) in [5.41, 5.74) is 9.34. The van der Waals surface area contributed by atoms with Gasteiger partial charge in [-0.1, -0.05) is 24.3 Å². The summed E-state index contributed by atoms with van der Waals surface area (Å²) in [6.45, 7) is 0.370. The van der Waals surface area contributed by atoms with Crippen LogP contribution in [0.4, 0.5) is 5.69 Å². The number of hydrogen-bond donors (Lipinski definition) is 1. The predicted octanol–water partition coefficient (Wildman–Crippen LogP) is 3.68. The SMILES string of the molecule is Nc1ccc(-c2ccc(S(=O)(=O)N(Cc3ccncc3)C3CC3)cc2)cc1. The van der Waals surface area contributed by atoms with Crippen molar-refractivity contribution >= 4 is 15.7 Å². The van der Waals surface area contributed by atoms with E-state index in [1.807, 2.05) is 48.5 Å². The molecular formula is C21H21N3O2S. The molecule has 2 N–H and O–H groups in total. The van der Waals surface area contributed by atoms with Crippen molar-refractivity contribution in [2.75, 3.05) is 5.73 Å². The van der Waals surface area contributed by atoms with Crippen LogP contribution in [0.15, 0.2) is 78.0 Å². The van der Waals surface area contributed by atoms with Crippen molar-refractivity contribution in [1.82, 2.24) is 9.29 Å². The Morgan fingerprint density at radius 3 is 2.00 bits per heavy atom. The van der Waals surface area contributed by atoms with E-state index in [1.165, 1.54) is 0 Å². The Hall–Kier alpha value is -2.70. The molecule has 2 aromatic carbocycles. The highest BCUT2D eigenvalue weighted by atomic mass is 32.2. The molecule has 27 heavy (non-hydrogen) atoms. The number of rotatable bonds is 6. The Morgan fingerprint density at radius 1 is 0.889 bits per heavy atom. The second-order valence-electron chi connectivity index (χ2n) is 6.78. The molecule has 5 nitrogen and oxygen atoms in total. The molecule has 0 bridgehead atoms. The molecule has 1 saturated carbocycles. The van der Waals surface area contributed by atoms with Gasteiger partial charge in [0.2, 0.25) is 10.0 Å². The summed E-state index contributed by atoms with van der Waals surface area (Å²) in [4.78, 5) is 4.32. The van der Waals surface area contributed by atoms with Gasteiger partial charge in [0.25, 0.3) is 0 Å². The number of hydrogen-bond acceptors (Lipinski definition) is 4. The first-order chi connectivity index (χ1) is 13.0. The van der Waals surface area contributed by atoms with Crippen LogP contribution in [0.2, 0.25) is 0 Å². The molecule has 3 aromatic rings. The Morgan fingerprint density at radius 2 is 1.44 bits per heavy atom. The zero-order chi connectivity index (χ0) is 18.9. The van der Waals surface area contributed by atoms with Gasteiger partial charge >= 0.3 is 0 Å². The lowest BCUT2D eigenvalue weighted by molar-refractivity contribution is 0.398. The lowest BCUT2D eigenvalue weighted by Crippen LogP contribution is -2.32. The minimum Gasteiger partial charge on any atom is -0.399 e. The average molecular weight is 379 g/mol. The third-order valence-corrected chi connectivity index (χ3v) is 6.66. The number of nitrogens with zero attached hydrogens (tertiary/aromatic N) is 2. The zero-order valence-electron chi connectivity index (χ0n) is 14.8. The van der Waals surface area contributed by atoms with Crippen LogP contribution in [0.25, 0.3) is 11.1 Å². The van der Waals surface area contributed by atoms with Gasteiger partial charge in [-0.05, 0) is 65.9 Å². The van der Waals surface area contributed by atoms with Crippen LogP contribution in [-0.2, 0) is 16.6 Å². The molecule has 6 heteroatoms. The summed E-state index contributed by atoms with van der Waals surface area (Å²) in [6.07, 6.45) is 5.20. The molecule has 0 saturated heterocycles. The maximum atomic E-state index is 13.2. The van der Waals surface area contributed by atoms with Crippen molar-refractivity contribution in [3.05, 3.63) is 78.6 Å². The lowest BCUT2D eigenvalue weighted by Gasteiger charge is -2.22. The maximum absolute atomic E-state index is 13.2. The fourth-order valence-electron chi connectivity index (χ4n) is 3.07. The molecule has 4 rings (SSSR count). The van der Waals surface area contributed by atoms with Gasteiger partial charge in [0, 0.05) is 30.7 Å². The van der Waals surface area contributed by atoms with E-state index in [-0.39, 0.29) is 6.04 Å². The van der Waals surface area contributed by atoms with Crippen LogP contribution in [-0.4, -0.2) is 23.7 Å². The number of pyridine rings is 1. The third-order valence-electron chi connectivity index (χ3n) is 4.75. The predicted molar refractivity (Wildman–Crippen MR) is 106 cm³/mol. The van der Waals surface area contributed by atoms with Gasteiger partial charge in [-0.2, -0.15) is 4.31 Å². The van der Waals surface area contributed by atoms with Crippen LogP contribution in [0.1, 0.15) is 18.4 Å². The summed E-state index contributed by atoms with van der Waals surface area (Å²) in [5, 5.41) is 0. The number of nitrogens with two attached hydrogens (primary N) is 1. The molecule has 1 fully saturated rings. The van der Waals surface area contributed by atoms with Gasteiger partial charge in [-0.25, -0.2) is 8.42 Å². The quantitative estimate of drug-likeness (QED) is 0.663. The minimum atomic E-state index is -3.55. The van der Waals surface area contributed by atoms with E-state index < -0.39 is 10.0 Å². The highest BCUT2D eigenvalue weighted by Gasteiger charge is 2.38. The molecule has 0 atom stereocenters. The van der Waals surface area contributed by atoms with Gasteiger partial charge in [0.05, 0.1) is 4.90 Å². The smallest absolute Gasteiger partial charge is 0.243 e. The Balaban J connectivity index is 1.61. The average Bonchev–Trinajstić information content (AvgIpc) is 3.52. The molecule has 0 amide bonds. The first-order valence-electron chi connectivity index (χ1n) is 8.91. The molecule has 1 aliphatic rings. The summed E-state index contributed by atoms with van der Waals surface area (Å²) >= 11 is 0. The lowest BCUT2D eigenvalue weighted by atomic mass is 10.1. The summed E-state index contributed by atoms with van der Waals surface area (Å²) in [7, 11) is -3.55. The molecule has 1 aromatic heterocycles. The first-order valence-corrected chi connectivity index (χ1v) is 10.3. The van der Waals surface area contributed by atoms with E-state index in [2.05, 4.69) is 4.98 Å². The molecule has 0 spiro atoms. The van der Waals surface area contributed by atoms with Gasteiger partial charge in [0.15, 0.2) is 0 Å². The zero-order valence-corrected chi connectivity index (χ0v) is 15.6. The highest BCUT2D eigenvalue weighted by molar-refractivity contribution is 7.89. The van der Waals surface area contributed by atoms with Crippen LogP contribution in [0.3, 0.4) is 0 Å². The fourth-order valence-corrected chi connectivity index (χ4v) is 4.74. The van der Waals surface area contributed by atoms with Crippen molar-refractivity contribution in [1.29, 1.82) is 0 Å². The largest absolute Gasteiger partial charge is 0.399 e. The van der Waals surface area contributed by atoms with Gasteiger partial charge in [0.1, 0.15) is 0 Å². The Labute approximate surface area is 159 Å². The number of aromatic nitrogens is 1. The summed E-state index contributed by atoms with van der Waals surface area (Å²) < 4.78 is 28.0. The Bertz CT molecular complexity index is 1010. The van der Waals surface area contributed by atoms with Crippen LogP contribution in [0.5, 0.6) is 0 Å². The number of benzene rings is 2. The second kappa shape index (κ2) is 7.13. The molecular weight excluding hydrogens is 358 g/mol. The van der Waals surface area contributed by atoms with Crippen molar-refractivity contribution in [2.45, 2.75) is 30.3 Å². The molecule has 1 aliphatic carbocycles. The van der Waals surface area contributed by atoms with Gasteiger partial charge in [-0.15, -0.1) is 0 Å². The van der Waals surface area contributed by atoms with E-state index in [0.717, 1.165) is 29.5 Å². The van der Waals surface area contributed by atoms with Gasteiger partial charge < -0.3 is 5.73 Å². The first kappa shape index (κ1) is 17.7.